The predicted octanol–water partition coefficient (Wildman–Crippen LogP) is 1.73. The third-order valence-electron chi connectivity index (χ3n) is 2.73. The Morgan fingerprint density at radius 1 is 1.53 bits per heavy atom. The lowest BCUT2D eigenvalue weighted by atomic mass is 10.1. The Hall–Kier alpha value is -1.89. The molecule has 19 heavy (non-hydrogen) atoms. The number of carboxylic acids is 1. The Balaban J connectivity index is 1.83. The Morgan fingerprint density at radius 2 is 2.26 bits per heavy atom. The van der Waals surface area contributed by atoms with Gasteiger partial charge in [-0.15, -0.1) is 11.3 Å². The fourth-order valence-corrected chi connectivity index (χ4v) is 2.43. The number of carbonyl (C=O) groups is 2. The first-order valence-electron chi connectivity index (χ1n) is 5.93. The van der Waals surface area contributed by atoms with Crippen molar-refractivity contribution < 1.29 is 19.5 Å². The maximum absolute atomic E-state index is 11.8. The molecule has 2 heterocycles. The summed E-state index contributed by atoms with van der Waals surface area (Å²) in [6.45, 7) is 2.37. The summed E-state index contributed by atoms with van der Waals surface area (Å²) in [7, 11) is 0. The minimum atomic E-state index is -1.02. The molecule has 0 radical (unpaired) electrons. The zero-order valence-electron chi connectivity index (χ0n) is 10.4. The van der Waals surface area contributed by atoms with Crippen molar-refractivity contribution in [3.8, 4) is 0 Å². The lowest BCUT2D eigenvalue weighted by Crippen LogP contribution is -2.31. The monoisotopic (exact) mass is 282 g/mol. The highest BCUT2D eigenvalue weighted by molar-refractivity contribution is 7.15. The zero-order valence-corrected chi connectivity index (χ0v) is 11.2. The fraction of sp³-hybridized carbons (Fsp3) is 0.417. The number of aromatic carboxylic acids is 1. The van der Waals surface area contributed by atoms with Gasteiger partial charge in [0, 0.05) is 6.42 Å². The van der Waals surface area contributed by atoms with E-state index in [2.05, 4.69) is 10.5 Å². The second-order valence-corrected chi connectivity index (χ2v) is 5.21. The quantitative estimate of drug-likeness (QED) is 0.861. The van der Waals surface area contributed by atoms with Gasteiger partial charge < -0.3 is 15.3 Å². The van der Waals surface area contributed by atoms with E-state index in [0.29, 0.717) is 11.4 Å². The molecule has 1 aliphatic rings. The molecule has 0 saturated carbocycles. The smallest absolute Gasteiger partial charge is 0.345 e. The molecule has 1 amide bonds. The number of nitrogens with one attached hydrogen (secondary N) is 1. The van der Waals surface area contributed by atoms with E-state index in [1.54, 1.807) is 0 Å². The molecule has 0 bridgehead atoms. The Kier molecular flexibility index (Phi) is 4.16. The topological polar surface area (TPSA) is 88.0 Å². The zero-order chi connectivity index (χ0) is 13.8. The molecule has 6 nitrogen and oxygen atoms in total. The van der Waals surface area contributed by atoms with Crippen LogP contribution in [0.25, 0.3) is 0 Å². The van der Waals surface area contributed by atoms with Crippen LogP contribution in [-0.2, 0) is 4.84 Å². The van der Waals surface area contributed by atoms with E-state index in [-0.39, 0.29) is 16.9 Å². The maximum atomic E-state index is 11.8. The summed E-state index contributed by atoms with van der Waals surface area (Å²) in [5, 5.41) is 15.4. The van der Waals surface area contributed by atoms with Crippen molar-refractivity contribution in [2.75, 3.05) is 6.54 Å². The summed E-state index contributed by atoms with van der Waals surface area (Å²) in [6, 6.07) is 2.93. The van der Waals surface area contributed by atoms with Crippen molar-refractivity contribution in [2.45, 2.75) is 25.9 Å². The second kappa shape index (κ2) is 5.83. The Bertz CT molecular complexity index is 524. The van der Waals surface area contributed by atoms with Crippen molar-refractivity contribution in [1.29, 1.82) is 0 Å². The number of carbonyl (C=O) groups excluding carboxylic acids is 1. The van der Waals surface area contributed by atoms with Crippen LogP contribution in [0.5, 0.6) is 0 Å². The first-order valence-corrected chi connectivity index (χ1v) is 6.74. The first kappa shape index (κ1) is 13.5. The van der Waals surface area contributed by atoms with Gasteiger partial charge in [0.25, 0.3) is 5.91 Å². The predicted molar refractivity (Wildman–Crippen MR) is 70.8 cm³/mol. The van der Waals surface area contributed by atoms with Gasteiger partial charge >= 0.3 is 5.97 Å². The normalized spacial score (nSPS) is 17.7. The molecular formula is C12H14N2O4S. The minimum Gasteiger partial charge on any atom is -0.477 e. The van der Waals surface area contributed by atoms with Crippen LogP contribution in [0.1, 0.15) is 39.1 Å². The van der Waals surface area contributed by atoms with Gasteiger partial charge in [0.05, 0.1) is 17.1 Å². The number of amides is 1. The summed E-state index contributed by atoms with van der Waals surface area (Å²) in [6.07, 6.45) is 1.44. The molecule has 1 aromatic heterocycles. The summed E-state index contributed by atoms with van der Waals surface area (Å²) in [5.41, 5.74) is 0.989. The van der Waals surface area contributed by atoms with Gasteiger partial charge in [0.15, 0.2) is 0 Å². The number of rotatable bonds is 5. The van der Waals surface area contributed by atoms with E-state index in [4.69, 9.17) is 9.94 Å². The highest BCUT2D eigenvalue weighted by Crippen LogP contribution is 2.17. The molecular weight excluding hydrogens is 268 g/mol. The van der Waals surface area contributed by atoms with Crippen molar-refractivity contribution in [3.05, 3.63) is 21.9 Å². The van der Waals surface area contributed by atoms with Crippen LogP contribution in [0, 0.1) is 0 Å². The van der Waals surface area contributed by atoms with Gasteiger partial charge in [-0.1, -0.05) is 12.1 Å². The molecule has 102 valence electrons. The number of nitrogens with zero attached hydrogens (tertiary/aromatic N) is 1. The average Bonchev–Trinajstić information content (AvgIpc) is 3.04. The van der Waals surface area contributed by atoms with Gasteiger partial charge in [0.1, 0.15) is 11.0 Å². The van der Waals surface area contributed by atoms with Crippen LogP contribution < -0.4 is 5.32 Å². The van der Waals surface area contributed by atoms with Crippen LogP contribution in [0.2, 0.25) is 0 Å². The Labute approximate surface area is 114 Å². The molecule has 1 aromatic rings. The van der Waals surface area contributed by atoms with E-state index < -0.39 is 5.97 Å². The molecule has 0 saturated heterocycles. The average molecular weight is 282 g/mol. The molecule has 1 aliphatic heterocycles. The van der Waals surface area contributed by atoms with Gasteiger partial charge in [-0.05, 0) is 18.6 Å². The lowest BCUT2D eigenvalue weighted by Gasteiger charge is -2.08. The van der Waals surface area contributed by atoms with Gasteiger partial charge in [0.2, 0.25) is 0 Å². The molecule has 2 N–H and O–H groups in total. The SMILES string of the molecule is CCC1=NO[C@@H](CNC(=O)c2ccc(C(=O)O)s2)C1. The first-order chi connectivity index (χ1) is 9.10. The molecule has 1 atom stereocenters. The molecule has 0 aromatic carbocycles. The summed E-state index contributed by atoms with van der Waals surface area (Å²) < 4.78 is 0. The van der Waals surface area contributed by atoms with Crippen molar-refractivity contribution in [1.82, 2.24) is 5.32 Å². The Morgan fingerprint density at radius 3 is 2.84 bits per heavy atom. The lowest BCUT2D eigenvalue weighted by molar-refractivity contribution is 0.0702. The second-order valence-electron chi connectivity index (χ2n) is 4.12. The van der Waals surface area contributed by atoms with Gasteiger partial charge in [-0.2, -0.15) is 0 Å². The number of thiophene rings is 1. The summed E-state index contributed by atoms with van der Waals surface area (Å²) in [4.78, 5) is 28.2. The summed E-state index contributed by atoms with van der Waals surface area (Å²) >= 11 is 0.956. The van der Waals surface area contributed by atoms with E-state index in [9.17, 15) is 9.59 Å². The van der Waals surface area contributed by atoms with Crippen LogP contribution in [0.3, 0.4) is 0 Å². The maximum Gasteiger partial charge on any atom is 0.345 e. The standard InChI is InChI=1S/C12H14N2O4S/c1-2-7-5-8(18-14-7)6-13-11(15)9-3-4-10(19-9)12(16)17/h3-4,8H,2,5-6H2,1H3,(H,13,15)(H,16,17)/t8-/m1/s1. The minimum absolute atomic E-state index is 0.127. The molecule has 7 heteroatoms. The molecule has 0 spiro atoms. The van der Waals surface area contributed by atoms with Crippen LogP contribution in [0.4, 0.5) is 0 Å². The fourth-order valence-electron chi connectivity index (χ4n) is 1.67. The van der Waals surface area contributed by atoms with Crippen LogP contribution in [0.15, 0.2) is 17.3 Å². The van der Waals surface area contributed by atoms with E-state index in [1.165, 1.54) is 12.1 Å². The highest BCUT2D eigenvalue weighted by Gasteiger charge is 2.21. The summed E-state index contributed by atoms with van der Waals surface area (Å²) in [5.74, 6) is -1.31. The third-order valence-corrected chi connectivity index (χ3v) is 3.81. The van der Waals surface area contributed by atoms with Crippen molar-refractivity contribution in [2.24, 2.45) is 5.16 Å². The van der Waals surface area contributed by atoms with Crippen LogP contribution >= 0.6 is 11.3 Å². The number of carboxylic acid groups (broad SMARTS) is 1. The third kappa shape index (κ3) is 3.31. The largest absolute Gasteiger partial charge is 0.477 e. The van der Waals surface area contributed by atoms with E-state index >= 15 is 0 Å². The van der Waals surface area contributed by atoms with Gasteiger partial charge in [-0.25, -0.2) is 4.79 Å². The van der Waals surface area contributed by atoms with Gasteiger partial charge in [-0.3, -0.25) is 4.79 Å². The van der Waals surface area contributed by atoms with E-state index in [0.717, 1.165) is 29.9 Å². The molecule has 0 fully saturated rings. The highest BCUT2D eigenvalue weighted by atomic mass is 32.1. The molecule has 0 unspecified atom stereocenters. The van der Waals surface area contributed by atoms with Crippen LogP contribution in [-0.4, -0.2) is 35.3 Å². The number of oxime groups is 1. The number of hydrogen-bond donors (Lipinski definition) is 2. The van der Waals surface area contributed by atoms with Crippen molar-refractivity contribution >= 4 is 28.9 Å². The van der Waals surface area contributed by atoms with E-state index in [1.807, 2.05) is 6.92 Å². The molecule has 2 rings (SSSR count). The number of hydrogen-bond acceptors (Lipinski definition) is 5. The molecule has 0 aliphatic carbocycles. The van der Waals surface area contributed by atoms with Crippen molar-refractivity contribution in [3.63, 3.8) is 0 Å².